The molecule has 0 unspecified atom stereocenters. The zero-order valence-corrected chi connectivity index (χ0v) is 14.5. The van der Waals surface area contributed by atoms with Gasteiger partial charge in [-0.05, 0) is 47.3 Å². The normalized spacial score (nSPS) is 12.6. The highest BCUT2D eigenvalue weighted by Crippen LogP contribution is 2.26. The smallest absolute Gasteiger partial charge is 0.264 e. The molecule has 3 aromatic carbocycles. The minimum Gasteiger partial charge on any atom is -0.323 e. The molecule has 4 rings (SSSR count). The van der Waals surface area contributed by atoms with E-state index in [-0.39, 0.29) is 11.6 Å². The first kappa shape index (κ1) is 15.9. The summed E-state index contributed by atoms with van der Waals surface area (Å²) in [5.74, 6) is 0. The van der Waals surface area contributed by atoms with Gasteiger partial charge < -0.3 is 5.73 Å². The Kier molecular flexibility index (Phi) is 3.83. The highest BCUT2D eigenvalue weighted by molar-refractivity contribution is 6.35. The fourth-order valence-corrected chi connectivity index (χ4v) is 3.52. The number of nitrogens with zero attached hydrogens (tertiary/aromatic N) is 1. The minimum atomic E-state index is -0.289. The number of rotatable bonds is 2. The summed E-state index contributed by atoms with van der Waals surface area (Å²) in [7, 11) is 0. The van der Waals surface area contributed by atoms with Crippen LogP contribution < -0.4 is 11.3 Å². The number of hydrogen-bond acceptors (Lipinski definition) is 2. The highest BCUT2D eigenvalue weighted by Gasteiger charge is 2.15. The van der Waals surface area contributed by atoms with Gasteiger partial charge in [0.05, 0.1) is 10.4 Å². The van der Waals surface area contributed by atoms with E-state index in [1.54, 1.807) is 10.6 Å². The van der Waals surface area contributed by atoms with Crippen LogP contribution in [-0.4, -0.2) is 4.57 Å². The van der Waals surface area contributed by atoms with Crippen LogP contribution in [0.2, 0.25) is 5.02 Å². The van der Waals surface area contributed by atoms with E-state index in [1.807, 2.05) is 67.6 Å². The molecule has 0 aliphatic heterocycles. The molecule has 25 heavy (non-hydrogen) atoms. The fourth-order valence-electron chi connectivity index (χ4n) is 3.26. The Morgan fingerprint density at radius 1 is 0.920 bits per heavy atom. The largest absolute Gasteiger partial charge is 0.323 e. The molecule has 0 bridgehead atoms. The summed E-state index contributed by atoms with van der Waals surface area (Å²) in [5, 5.41) is 3.97. The molecule has 2 N–H and O–H groups in total. The van der Waals surface area contributed by atoms with Crippen molar-refractivity contribution in [3.63, 3.8) is 0 Å². The standard InChI is InChI=1S/C21H17ClN2O/c1-13(23)19-12-16-7-4-8-18(22)20(16)21(25)24(19)17-10-9-14-5-2-3-6-15(14)11-17/h2-13H,23H2,1H3/t13-/m0/s1. The Morgan fingerprint density at radius 2 is 1.64 bits per heavy atom. The van der Waals surface area contributed by atoms with Gasteiger partial charge in [-0.1, -0.05) is 54.1 Å². The van der Waals surface area contributed by atoms with Gasteiger partial charge in [-0.3, -0.25) is 9.36 Å². The highest BCUT2D eigenvalue weighted by atomic mass is 35.5. The maximum Gasteiger partial charge on any atom is 0.264 e. The monoisotopic (exact) mass is 348 g/mol. The molecule has 0 amide bonds. The molecule has 0 radical (unpaired) electrons. The number of halogens is 1. The Bertz CT molecular complexity index is 1160. The van der Waals surface area contributed by atoms with Gasteiger partial charge in [0.2, 0.25) is 0 Å². The maximum atomic E-state index is 13.2. The number of aromatic nitrogens is 1. The predicted molar refractivity (Wildman–Crippen MR) is 105 cm³/mol. The quantitative estimate of drug-likeness (QED) is 0.564. The van der Waals surface area contributed by atoms with Gasteiger partial charge in [0.1, 0.15) is 0 Å². The van der Waals surface area contributed by atoms with E-state index >= 15 is 0 Å². The average Bonchev–Trinajstić information content (AvgIpc) is 2.61. The van der Waals surface area contributed by atoms with Gasteiger partial charge in [-0.15, -0.1) is 0 Å². The molecule has 4 aromatic rings. The number of fused-ring (bicyclic) bond motifs is 2. The van der Waals surface area contributed by atoms with Crippen molar-refractivity contribution in [2.45, 2.75) is 13.0 Å². The summed E-state index contributed by atoms with van der Waals surface area (Å²) in [6, 6.07) is 21.1. The summed E-state index contributed by atoms with van der Waals surface area (Å²) in [6.45, 7) is 1.88. The van der Waals surface area contributed by atoms with Gasteiger partial charge in [-0.2, -0.15) is 0 Å². The zero-order chi connectivity index (χ0) is 17.6. The molecule has 1 aromatic heterocycles. The molecule has 1 heterocycles. The second-order valence-corrected chi connectivity index (χ2v) is 6.64. The first-order valence-electron chi connectivity index (χ1n) is 8.15. The SMILES string of the molecule is C[C@H](N)c1cc2cccc(Cl)c2c(=O)n1-c1ccc2ccccc2c1. The third-order valence-electron chi connectivity index (χ3n) is 4.48. The van der Waals surface area contributed by atoms with Crippen LogP contribution in [0.1, 0.15) is 18.7 Å². The van der Waals surface area contributed by atoms with Crippen LogP contribution in [0.4, 0.5) is 0 Å². The summed E-state index contributed by atoms with van der Waals surface area (Å²) in [5.41, 5.74) is 7.57. The Hall–Kier alpha value is -2.62. The third kappa shape index (κ3) is 2.62. The first-order valence-corrected chi connectivity index (χ1v) is 8.53. The molecule has 3 nitrogen and oxygen atoms in total. The molecule has 0 spiro atoms. The van der Waals surface area contributed by atoms with Crippen molar-refractivity contribution in [3.8, 4) is 5.69 Å². The lowest BCUT2D eigenvalue weighted by atomic mass is 10.1. The molecule has 1 atom stereocenters. The lowest BCUT2D eigenvalue weighted by Crippen LogP contribution is -2.25. The van der Waals surface area contributed by atoms with Gasteiger partial charge >= 0.3 is 0 Å². The summed E-state index contributed by atoms with van der Waals surface area (Å²) < 4.78 is 1.67. The topological polar surface area (TPSA) is 48.0 Å². The average molecular weight is 349 g/mol. The van der Waals surface area contributed by atoms with E-state index in [0.717, 1.165) is 27.5 Å². The summed E-state index contributed by atoms with van der Waals surface area (Å²) >= 11 is 6.30. The summed E-state index contributed by atoms with van der Waals surface area (Å²) in [6.07, 6.45) is 0. The molecule has 4 heteroatoms. The zero-order valence-electron chi connectivity index (χ0n) is 13.7. The van der Waals surface area contributed by atoms with E-state index in [4.69, 9.17) is 17.3 Å². The fraction of sp³-hybridized carbons (Fsp3) is 0.0952. The number of benzene rings is 3. The van der Waals surface area contributed by atoms with Crippen molar-refractivity contribution >= 4 is 33.1 Å². The Morgan fingerprint density at radius 3 is 2.40 bits per heavy atom. The van der Waals surface area contributed by atoms with Crippen LogP contribution >= 0.6 is 11.6 Å². The molecular weight excluding hydrogens is 332 g/mol. The van der Waals surface area contributed by atoms with E-state index in [2.05, 4.69) is 0 Å². The van der Waals surface area contributed by atoms with E-state index in [0.29, 0.717) is 10.4 Å². The molecular formula is C21H17ClN2O. The van der Waals surface area contributed by atoms with Crippen LogP contribution in [0, 0.1) is 0 Å². The predicted octanol–water partition coefficient (Wildman–Crippen LogP) is 4.82. The van der Waals surface area contributed by atoms with Crippen LogP contribution in [-0.2, 0) is 0 Å². The van der Waals surface area contributed by atoms with Crippen molar-refractivity contribution in [1.29, 1.82) is 0 Å². The number of pyridine rings is 1. The molecule has 0 aliphatic rings. The van der Waals surface area contributed by atoms with Gasteiger partial charge in [-0.25, -0.2) is 0 Å². The van der Waals surface area contributed by atoms with Crippen molar-refractivity contribution in [2.24, 2.45) is 5.73 Å². The second-order valence-electron chi connectivity index (χ2n) is 6.23. The first-order chi connectivity index (χ1) is 12.1. The molecule has 124 valence electrons. The van der Waals surface area contributed by atoms with Crippen LogP contribution in [0.25, 0.3) is 27.2 Å². The number of hydrogen-bond donors (Lipinski definition) is 1. The maximum absolute atomic E-state index is 13.2. The molecule has 0 saturated carbocycles. The second kappa shape index (κ2) is 6.03. The van der Waals surface area contributed by atoms with E-state index in [1.165, 1.54) is 0 Å². The number of nitrogens with two attached hydrogens (primary N) is 1. The van der Waals surface area contributed by atoms with E-state index < -0.39 is 0 Å². The van der Waals surface area contributed by atoms with Gasteiger partial charge in [0.25, 0.3) is 5.56 Å². The van der Waals surface area contributed by atoms with Crippen LogP contribution in [0.3, 0.4) is 0 Å². The van der Waals surface area contributed by atoms with Crippen LogP contribution in [0.15, 0.2) is 71.5 Å². The lowest BCUT2D eigenvalue weighted by molar-refractivity contribution is 0.735. The van der Waals surface area contributed by atoms with Crippen molar-refractivity contribution in [1.82, 2.24) is 4.57 Å². The van der Waals surface area contributed by atoms with Crippen molar-refractivity contribution in [3.05, 3.63) is 87.8 Å². The minimum absolute atomic E-state index is 0.148. The van der Waals surface area contributed by atoms with Crippen LogP contribution in [0.5, 0.6) is 0 Å². The van der Waals surface area contributed by atoms with Crippen molar-refractivity contribution < 1.29 is 0 Å². The Labute approximate surface area is 150 Å². The molecule has 0 aliphatic carbocycles. The molecule has 0 saturated heterocycles. The lowest BCUT2D eigenvalue weighted by Gasteiger charge is -2.18. The van der Waals surface area contributed by atoms with E-state index in [9.17, 15) is 4.79 Å². The third-order valence-corrected chi connectivity index (χ3v) is 4.80. The Balaban J connectivity index is 2.11. The van der Waals surface area contributed by atoms with Gasteiger partial charge in [0.15, 0.2) is 0 Å². The van der Waals surface area contributed by atoms with Gasteiger partial charge in [0, 0.05) is 17.4 Å². The summed E-state index contributed by atoms with van der Waals surface area (Å²) in [4.78, 5) is 13.2. The molecule has 0 fully saturated rings. The van der Waals surface area contributed by atoms with Crippen molar-refractivity contribution in [2.75, 3.05) is 0 Å².